The maximum absolute atomic E-state index is 13.2. The van der Waals surface area contributed by atoms with Crippen LogP contribution in [0.1, 0.15) is 32.1 Å². The maximum Gasteiger partial charge on any atom is 0.408 e. The number of ether oxygens (including phenoxy) is 1. The standard InChI is InChI=1S/C21H29N3O4/c25-20(23-11-5-10-22(12-13-23)16-6-4-7-16)19-14-18(15-24(19)21(26)27)28-17-8-2-1-3-9-17/h1-3,8-9,16,18-19H,4-7,10-15H2,(H,26,27)/t18-,19+/m0/s1. The molecular formula is C21H29N3O4. The minimum atomic E-state index is -1.05. The summed E-state index contributed by atoms with van der Waals surface area (Å²) in [5, 5.41) is 9.62. The highest BCUT2D eigenvalue weighted by atomic mass is 16.5. The number of amides is 2. The van der Waals surface area contributed by atoms with Crippen molar-refractivity contribution in [3.05, 3.63) is 30.3 Å². The van der Waals surface area contributed by atoms with Crippen molar-refractivity contribution in [2.45, 2.75) is 50.3 Å². The van der Waals surface area contributed by atoms with E-state index in [1.54, 1.807) is 0 Å². The fraction of sp³-hybridized carbons (Fsp3) is 0.619. The van der Waals surface area contributed by atoms with Crippen molar-refractivity contribution in [1.29, 1.82) is 0 Å². The van der Waals surface area contributed by atoms with Crippen LogP contribution in [0.4, 0.5) is 4.79 Å². The Morgan fingerprint density at radius 2 is 1.79 bits per heavy atom. The van der Waals surface area contributed by atoms with Crippen LogP contribution in [0.5, 0.6) is 5.75 Å². The molecule has 4 rings (SSSR count). The van der Waals surface area contributed by atoms with Crippen LogP contribution in [0.25, 0.3) is 0 Å². The SMILES string of the molecule is O=C([C@H]1C[C@H](Oc2ccccc2)CN1C(=O)O)N1CCCN(C2CCC2)CC1. The molecule has 3 fully saturated rings. The van der Waals surface area contributed by atoms with Crippen LogP contribution >= 0.6 is 0 Å². The van der Waals surface area contributed by atoms with Crippen molar-refractivity contribution in [2.24, 2.45) is 0 Å². The molecule has 28 heavy (non-hydrogen) atoms. The third-order valence-corrected chi connectivity index (χ3v) is 6.27. The van der Waals surface area contributed by atoms with Gasteiger partial charge in [-0.1, -0.05) is 24.6 Å². The molecule has 1 saturated carbocycles. The summed E-state index contributed by atoms with van der Waals surface area (Å²) in [5.74, 6) is 0.633. The molecular weight excluding hydrogens is 358 g/mol. The minimum absolute atomic E-state index is 0.0722. The van der Waals surface area contributed by atoms with Crippen molar-refractivity contribution < 1.29 is 19.4 Å². The van der Waals surface area contributed by atoms with Gasteiger partial charge in [0.25, 0.3) is 0 Å². The number of likely N-dealkylation sites (tertiary alicyclic amines) is 1. The zero-order chi connectivity index (χ0) is 19.5. The van der Waals surface area contributed by atoms with Gasteiger partial charge in [0.1, 0.15) is 17.9 Å². The molecule has 2 saturated heterocycles. The lowest BCUT2D eigenvalue weighted by Crippen LogP contribution is -2.49. The monoisotopic (exact) mass is 387 g/mol. The Morgan fingerprint density at radius 3 is 2.46 bits per heavy atom. The van der Waals surface area contributed by atoms with E-state index >= 15 is 0 Å². The Balaban J connectivity index is 1.39. The third kappa shape index (κ3) is 4.09. The number of benzene rings is 1. The van der Waals surface area contributed by atoms with Gasteiger partial charge >= 0.3 is 6.09 Å². The van der Waals surface area contributed by atoms with Gasteiger partial charge in [0, 0.05) is 38.6 Å². The second-order valence-corrected chi connectivity index (χ2v) is 8.04. The van der Waals surface area contributed by atoms with Crippen LogP contribution in [0, 0.1) is 0 Å². The van der Waals surface area contributed by atoms with Gasteiger partial charge in [-0.3, -0.25) is 14.6 Å². The Kier molecular flexibility index (Phi) is 5.71. The van der Waals surface area contributed by atoms with Crippen molar-refractivity contribution in [3.63, 3.8) is 0 Å². The van der Waals surface area contributed by atoms with Gasteiger partial charge < -0.3 is 14.7 Å². The average Bonchev–Trinajstić information content (AvgIpc) is 2.92. The molecule has 2 atom stereocenters. The summed E-state index contributed by atoms with van der Waals surface area (Å²) in [7, 11) is 0. The quantitative estimate of drug-likeness (QED) is 0.858. The second-order valence-electron chi connectivity index (χ2n) is 8.04. The van der Waals surface area contributed by atoms with Crippen LogP contribution in [0.15, 0.2) is 30.3 Å². The van der Waals surface area contributed by atoms with Crippen LogP contribution in [-0.2, 0) is 4.79 Å². The normalized spacial score (nSPS) is 26.6. The van der Waals surface area contributed by atoms with Crippen molar-refractivity contribution >= 4 is 12.0 Å². The highest BCUT2D eigenvalue weighted by molar-refractivity contribution is 5.86. The third-order valence-electron chi connectivity index (χ3n) is 6.27. The average molecular weight is 387 g/mol. The molecule has 3 aliphatic rings. The van der Waals surface area contributed by atoms with Gasteiger partial charge in [0.05, 0.1) is 6.54 Å². The highest BCUT2D eigenvalue weighted by Crippen LogP contribution is 2.27. The van der Waals surface area contributed by atoms with Gasteiger partial charge in [-0.05, 0) is 31.4 Å². The fourth-order valence-corrected chi connectivity index (χ4v) is 4.51. The van der Waals surface area contributed by atoms with E-state index < -0.39 is 12.1 Å². The van der Waals surface area contributed by atoms with E-state index in [2.05, 4.69) is 4.90 Å². The van der Waals surface area contributed by atoms with Crippen LogP contribution < -0.4 is 4.74 Å². The summed E-state index contributed by atoms with van der Waals surface area (Å²) in [5.41, 5.74) is 0. The number of nitrogens with zero attached hydrogens (tertiary/aromatic N) is 3. The summed E-state index contributed by atoms with van der Waals surface area (Å²) in [6.07, 6.45) is 3.84. The van der Waals surface area contributed by atoms with Gasteiger partial charge in [-0.15, -0.1) is 0 Å². The lowest BCUT2D eigenvalue weighted by molar-refractivity contribution is -0.135. The molecule has 7 nitrogen and oxygen atoms in total. The van der Waals surface area contributed by atoms with E-state index in [4.69, 9.17) is 4.74 Å². The van der Waals surface area contributed by atoms with Crippen LogP contribution in [0.2, 0.25) is 0 Å². The van der Waals surface area contributed by atoms with Crippen molar-refractivity contribution in [1.82, 2.24) is 14.7 Å². The molecule has 1 N–H and O–H groups in total. The molecule has 1 aromatic rings. The topological polar surface area (TPSA) is 73.3 Å². The van der Waals surface area contributed by atoms with Gasteiger partial charge in [0.15, 0.2) is 0 Å². The number of para-hydroxylation sites is 1. The number of carboxylic acid groups (broad SMARTS) is 1. The Labute approximate surface area is 165 Å². The first-order chi connectivity index (χ1) is 13.6. The molecule has 7 heteroatoms. The number of rotatable bonds is 4. The summed E-state index contributed by atoms with van der Waals surface area (Å²) in [4.78, 5) is 30.5. The molecule has 2 amide bonds. The molecule has 0 bridgehead atoms. The molecule has 2 aliphatic heterocycles. The van der Waals surface area contributed by atoms with E-state index in [9.17, 15) is 14.7 Å². The summed E-state index contributed by atoms with van der Waals surface area (Å²) < 4.78 is 5.93. The Bertz CT molecular complexity index is 694. The van der Waals surface area contributed by atoms with E-state index in [1.165, 1.54) is 24.2 Å². The molecule has 0 aromatic heterocycles. The second kappa shape index (κ2) is 8.39. The summed E-state index contributed by atoms with van der Waals surface area (Å²) in [6.45, 7) is 3.53. The molecule has 2 heterocycles. The van der Waals surface area contributed by atoms with Gasteiger partial charge in [-0.2, -0.15) is 0 Å². The van der Waals surface area contributed by atoms with Gasteiger partial charge in [-0.25, -0.2) is 4.79 Å². The molecule has 0 spiro atoms. The summed E-state index contributed by atoms with van der Waals surface area (Å²) in [6, 6.07) is 9.40. The van der Waals surface area contributed by atoms with Crippen molar-refractivity contribution in [3.8, 4) is 5.75 Å². The number of carbonyl (C=O) groups excluding carboxylic acids is 1. The molecule has 0 unspecified atom stereocenters. The lowest BCUT2D eigenvalue weighted by atomic mass is 9.91. The van der Waals surface area contributed by atoms with Gasteiger partial charge in [0.2, 0.25) is 5.91 Å². The minimum Gasteiger partial charge on any atom is -0.488 e. The van der Waals surface area contributed by atoms with E-state index in [-0.39, 0.29) is 18.6 Å². The molecule has 1 aromatic carbocycles. The molecule has 152 valence electrons. The zero-order valence-electron chi connectivity index (χ0n) is 16.2. The predicted molar refractivity (Wildman–Crippen MR) is 104 cm³/mol. The van der Waals surface area contributed by atoms with E-state index in [1.807, 2.05) is 35.2 Å². The van der Waals surface area contributed by atoms with Crippen LogP contribution in [-0.4, -0.2) is 82.7 Å². The Morgan fingerprint density at radius 1 is 1.00 bits per heavy atom. The van der Waals surface area contributed by atoms with E-state index in [0.29, 0.717) is 31.3 Å². The largest absolute Gasteiger partial charge is 0.488 e. The van der Waals surface area contributed by atoms with Crippen molar-refractivity contribution in [2.75, 3.05) is 32.7 Å². The molecule has 1 aliphatic carbocycles. The number of hydrogen-bond acceptors (Lipinski definition) is 4. The maximum atomic E-state index is 13.2. The first-order valence-electron chi connectivity index (χ1n) is 10.4. The zero-order valence-corrected chi connectivity index (χ0v) is 16.2. The number of hydrogen-bond donors (Lipinski definition) is 1. The predicted octanol–water partition coefficient (Wildman–Crippen LogP) is 2.27. The first kappa shape index (κ1) is 19.1. The molecule has 0 radical (unpaired) electrons. The smallest absolute Gasteiger partial charge is 0.408 e. The fourth-order valence-electron chi connectivity index (χ4n) is 4.51. The Hall–Kier alpha value is -2.28. The summed E-state index contributed by atoms with van der Waals surface area (Å²) >= 11 is 0. The first-order valence-corrected chi connectivity index (χ1v) is 10.4. The highest BCUT2D eigenvalue weighted by Gasteiger charge is 2.43. The van der Waals surface area contributed by atoms with E-state index in [0.717, 1.165) is 19.5 Å². The van der Waals surface area contributed by atoms with Crippen LogP contribution in [0.3, 0.4) is 0 Å². The number of carbonyl (C=O) groups is 2. The lowest BCUT2D eigenvalue weighted by Gasteiger charge is -2.36.